The monoisotopic (exact) mass is 286 g/mol. The van der Waals surface area contributed by atoms with Gasteiger partial charge in [0.05, 0.1) is 17.9 Å². The van der Waals surface area contributed by atoms with Crippen LogP contribution in [0, 0.1) is 5.92 Å². The Hall–Kier alpha value is -2.63. The topological polar surface area (TPSA) is 86.7 Å². The lowest BCUT2D eigenvalue weighted by Crippen LogP contribution is -2.29. The molecule has 1 atom stereocenters. The maximum absolute atomic E-state index is 12.7. The Morgan fingerprint density at radius 1 is 1.29 bits per heavy atom. The van der Waals surface area contributed by atoms with Gasteiger partial charge in [-0.25, -0.2) is 0 Å². The lowest BCUT2D eigenvalue weighted by atomic mass is 9.91. The summed E-state index contributed by atoms with van der Waals surface area (Å²) in [7, 11) is 0. The summed E-state index contributed by atoms with van der Waals surface area (Å²) in [4.78, 5) is 37.4. The van der Waals surface area contributed by atoms with E-state index in [0.29, 0.717) is 24.5 Å². The van der Waals surface area contributed by atoms with Gasteiger partial charge in [-0.2, -0.15) is 0 Å². The molecule has 2 aliphatic rings. The van der Waals surface area contributed by atoms with Crippen molar-refractivity contribution < 1.29 is 19.5 Å². The van der Waals surface area contributed by atoms with Crippen LogP contribution in [-0.2, 0) is 9.59 Å². The average Bonchev–Trinajstić information content (AvgIpc) is 3.03. The highest BCUT2D eigenvalue weighted by atomic mass is 16.4. The van der Waals surface area contributed by atoms with Crippen molar-refractivity contribution in [2.24, 2.45) is 5.92 Å². The predicted molar refractivity (Wildman–Crippen MR) is 73.3 cm³/mol. The minimum absolute atomic E-state index is 0.270. The van der Waals surface area contributed by atoms with Crippen LogP contribution in [0.3, 0.4) is 0 Å². The molecule has 3 rings (SSSR count). The van der Waals surface area contributed by atoms with Crippen molar-refractivity contribution in [3.8, 4) is 0 Å². The first kappa shape index (κ1) is 13.4. The zero-order valence-corrected chi connectivity index (χ0v) is 11.2. The average molecular weight is 286 g/mol. The van der Waals surface area contributed by atoms with Gasteiger partial charge in [-0.05, 0) is 0 Å². The summed E-state index contributed by atoms with van der Waals surface area (Å²) < 4.78 is 0. The molecular weight excluding hydrogens is 272 g/mol. The zero-order chi connectivity index (χ0) is 15.0. The molecule has 1 aromatic rings. The SMILES string of the molecule is O=C(O)C[C@H]1C(=O)N2CCNC2=C1C(=O)c1ccccc1. The van der Waals surface area contributed by atoms with E-state index in [0.717, 1.165) is 0 Å². The number of hydrogen-bond donors (Lipinski definition) is 2. The second-order valence-corrected chi connectivity index (χ2v) is 5.02. The van der Waals surface area contributed by atoms with Crippen LogP contribution in [0.5, 0.6) is 0 Å². The minimum atomic E-state index is -1.09. The van der Waals surface area contributed by atoms with Crippen molar-refractivity contribution in [1.29, 1.82) is 0 Å². The van der Waals surface area contributed by atoms with Gasteiger partial charge in [0.15, 0.2) is 5.78 Å². The van der Waals surface area contributed by atoms with Gasteiger partial charge in [0, 0.05) is 18.7 Å². The Kier molecular flexibility index (Phi) is 3.21. The van der Waals surface area contributed by atoms with Gasteiger partial charge >= 0.3 is 5.97 Å². The van der Waals surface area contributed by atoms with E-state index < -0.39 is 11.9 Å². The van der Waals surface area contributed by atoms with Crippen LogP contribution in [0.15, 0.2) is 41.7 Å². The number of carboxylic acids is 1. The fourth-order valence-corrected chi connectivity index (χ4v) is 2.81. The third-order valence-electron chi connectivity index (χ3n) is 3.72. The molecule has 0 radical (unpaired) electrons. The van der Waals surface area contributed by atoms with E-state index in [4.69, 9.17) is 5.11 Å². The van der Waals surface area contributed by atoms with Crippen molar-refractivity contribution in [3.63, 3.8) is 0 Å². The largest absolute Gasteiger partial charge is 0.481 e. The summed E-state index contributed by atoms with van der Waals surface area (Å²) in [6.45, 7) is 1.04. The summed E-state index contributed by atoms with van der Waals surface area (Å²) in [5.74, 6) is -2.12. The van der Waals surface area contributed by atoms with Crippen LogP contribution < -0.4 is 5.32 Å². The van der Waals surface area contributed by atoms with Crippen molar-refractivity contribution in [2.75, 3.05) is 13.1 Å². The molecule has 0 bridgehead atoms. The van der Waals surface area contributed by atoms with Crippen LogP contribution >= 0.6 is 0 Å². The van der Waals surface area contributed by atoms with Crippen molar-refractivity contribution in [1.82, 2.24) is 10.2 Å². The highest BCUT2D eigenvalue weighted by molar-refractivity contribution is 6.14. The van der Waals surface area contributed by atoms with Crippen molar-refractivity contribution in [3.05, 3.63) is 47.3 Å². The molecule has 0 aromatic heterocycles. The zero-order valence-electron chi connectivity index (χ0n) is 11.2. The second-order valence-electron chi connectivity index (χ2n) is 5.02. The number of nitrogens with zero attached hydrogens (tertiary/aromatic N) is 1. The Labute approximate surface area is 121 Å². The molecule has 6 heteroatoms. The number of benzene rings is 1. The highest BCUT2D eigenvalue weighted by Crippen LogP contribution is 2.34. The van der Waals surface area contributed by atoms with E-state index in [1.54, 1.807) is 30.3 Å². The lowest BCUT2D eigenvalue weighted by Gasteiger charge is -2.12. The number of hydrogen-bond acceptors (Lipinski definition) is 4. The fourth-order valence-electron chi connectivity index (χ4n) is 2.81. The van der Waals surface area contributed by atoms with Gasteiger partial charge in [0.1, 0.15) is 5.82 Å². The molecular formula is C15H14N2O4. The minimum Gasteiger partial charge on any atom is -0.481 e. The molecule has 21 heavy (non-hydrogen) atoms. The predicted octanol–water partition coefficient (Wildman–Crippen LogP) is 0.617. The maximum Gasteiger partial charge on any atom is 0.304 e. The van der Waals surface area contributed by atoms with Crippen molar-refractivity contribution in [2.45, 2.75) is 6.42 Å². The standard InChI is InChI=1S/C15H14N2O4/c18-11(19)8-10-12(13(20)9-4-2-1-3-5-9)14-16-6-7-17(14)15(10)21/h1-5,10,16H,6-8H2,(H,18,19)/t10-/m1/s1. The Bertz CT molecular complexity index is 651. The van der Waals surface area contributed by atoms with E-state index in [9.17, 15) is 14.4 Å². The number of aliphatic carboxylic acids is 1. The van der Waals surface area contributed by atoms with E-state index >= 15 is 0 Å². The van der Waals surface area contributed by atoms with Crippen LogP contribution in [0.1, 0.15) is 16.8 Å². The third-order valence-corrected chi connectivity index (χ3v) is 3.72. The second kappa shape index (κ2) is 5.05. The highest BCUT2D eigenvalue weighted by Gasteiger charge is 2.45. The number of amides is 1. The van der Waals surface area contributed by atoms with Gasteiger partial charge in [0.25, 0.3) is 0 Å². The first-order valence-electron chi connectivity index (χ1n) is 6.70. The number of Topliss-reactive ketones (excluding diaryl/α,β-unsaturated/α-hetero) is 1. The number of carbonyl (C=O) groups is 3. The molecule has 2 aliphatic heterocycles. The summed E-state index contributed by atoms with van der Waals surface area (Å²) in [5, 5.41) is 12.0. The Morgan fingerprint density at radius 2 is 2.00 bits per heavy atom. The molecule has 108 valence electrons. The van der Waals surface area contributed by atoms with Gasteiger partial charge in [-0.1, -0.05) is 30.3 Å². The number of ketones is 1. The lowest BCUT2D eigenvalue weighted by molar-refractivity contribution is -0.141. The van der Waals surface area contributed by atoms with Crippen LogP contribution in [0.25, 0.3) is 0 Å². The summed E-state index contributed by atoms with van der Waals surface area (Å²) in [5.41, 5.74) is 0.727. The number of fused-ring (bicyclic) bond motifs is 1. The summed E-state index contributed by atoms with van der Waals surface area (Å²) >= 11 is 0. The Balaban J connectivity index is 2.03. The van der Waals surface area contributed by atoms with E-state index in [1.807, 2.05) is 0 Å². The van der Waals surface area contributed by atoms with Gasteiger partial charge in [-0.15, -0.1) is 0 Å². The molecule has 1 aromatic carbocycles. The van der Waals surface area contributed by atoms with Gasteiger partial charge < -0.3 is 10.4 Å². The van der Waals surface area contributed by atoms with Crippen LogP contribution in [0.2, 0.25) is 0 Å². The Morgan fingerprint density at radius 3 is 2.67 bits per heavy atom. The molecule has 0 spiro atoms. The van der Waals surface area contributed by atoms with Gasteiger partial charge in [0.2, 0.25) is 5.91 Å². The molecule has 2 N–H and O–H groups in total. The molecule has 1 amide bonds. The fraction of sp³-hybridized carbons (Fsp3) is 0.267. The van der Waals surface area contributed by atoms with E-state index in [2.05, 4.69) is 5.32 Å². The molecule has 2 heterocycles. The number of rotatable bonds is 4. The maximum atomic E-state index is 12.7. The first-order chi connectivity index (χ1) is 10.1. The van der Waals surface area contributed by atoms with Crippen LogP contribution in [-0.4, -0.2) is 40.8 Å². The number of nitrogens with one attached hydrogen (secondary N) is 1. The normalized spacial score (nSPS) is 20.5. The van der Waals surface area contributed by atoms with E-state index in [-0.39, 0.29) is 23.7 Å². The van der Waals surface area contributed by atoms with E-state index in [1.165, 1.54) is 4.90 Å². The molecule has 6 nitrogen and oxygen atoms in total. The molecule has 0 aliphatic carbocycles. The number of carbonyl (C=O) groups excluding carboxylic acids is 2. The molecule has 1 saturated heterocycles. The van der Waals surface area contributed by atoms with Crippen LogP contribution in [0.4, 0.5) is 0 Å². The smallest absolute Gasteiger partial charge is 0.304 e. The number of carboxylic acid groups (broad SMARTS) is 1. The summed E-state index contributed by atoms with van der Waals surface area (Å²) in [6.07, 6.45) is -0.367. The summed E-state index contributed by atoms with van der Waals surface area (Å²) in [6, 6.07) is 8.59. The molecule has 1 fully saturated rings. The molecule has 0 unspecified atom stereocenters. The van der Waals surface area contributed by atoms with Gasteiger partial charge in [-0.3, -0.25) is 19.3 Å². The molecule has 0 saturated carbocycles. The van der Waals surface area contributed by atoms with Crippen molar-refractivity contribution >= 4 is 17.7 Å². The quantitative estimate of drug-likeness (QED) is 0.792. The third kappa shape index (κ3) is 2.18. The first-order valence-corrected chi connectivity index (χ1v) is 6.70.